The van der Waals surface area contributed by atoms with E-state index in [1.54, 1.807) is 22.7 Å². The van der Waals surface area contributed by atoms with Crippen LogP contribution in [0.1, 0.15) is 18.4 Å². The number of hydrogen-bond donors (Lipinski definition) is 1. The van der Waals surface area contributed by atoms with Crippen molar-refractivity contribution in [1.82, 2.24) is 15.5 Å². The van der Waals surface area contributed by atoms with Crippen molar-refractivity contribution in [3.8, 4) is 9.88 Å². The first-order chi connectivity index (χ1) is 7.81. The van der Waals surface area contributed by atoms with Gasteiger partial charge in [0.15, 0.2) is 5.01 Å². The van der Waals surface area contributed by atoms with Crippen molar-refractivity contribution < 1.29 is 0 Å². The van der Waals surface area contributed by atoms with Crippen molar-refractivity contribution in [3.05, 3.63) is 20.9 Å². The Morgan fingerprint density at radius 2 is 2.31 bits per heavy atom. The molecule has 0 aliphatic carbocycles. The molecule has 0 unspecified atom stereocenters. The number of aromatic nitrogens is 2. The van der Waals surface area contributed by atoms with Crippen molar-refractivity contribution in [2.75, 3.05) is 6.54 Å². The second-order valence-electron chi connectivity index (χ2n) is 3.28. The maximum Gasteiger partial charge on any atom is 0.159 e. The van der Waals surface area contributed by atoms with Gasteiger partial charge in [0.1, 0.15) is 5.01 Å². The summed E-state index contributed by atoms with van der Waals surface area (Å²) in [7, 11) is 0. The van der Waals surface area contributed by atoms with Crippen LogP contribution in [-0.4, -0.2) is 16.7 Å². The van der Waals surface area contributed by atoms with Gasteiger partial charge >= 0.3 is 0 Å². The smallest absolute Gasteiger partial charge is 0.159 e. The molecular weight excluding hydrogens is 306 g/mol. The lowest BCUT2D eigenvalue weighted by atomic mass is 10.5. The van der Waals surface area contributed by atoms with E-state index in [9.17, 15) is 0 Å². The van der Waals surface area contributed by atoms with Gasteiger partial charge in [0.2, 0.25) is 0 Å². The SMILES string of the molecule is CCCNCc1nnc(-c2sccc2Br)s1. The fourth-order valence-electron chi connectivity index (χ4n) is 1.24. The lowest BCUT2D eigenvalue weighted by Crippen LogP contribution is -2.13. The molecule has 2 heterocycles. The van der Waals surface area contributed by atoms with E-state index in [-0.39, 0.29) is 0 Å². The van der Waals surface area contributed by atoms with E-state index in [0.29, 0.717) is 0 Å². The molecule has 0 radical (unpaired) electrons. The first kappa shape index (κ1) is 12.2. The number of nitrogens with one attached hydrogen (secondary N) is 1. The summed E-state index contributed by atoms with van der Waals surface area (Å²) in [5, 5.41) is 15.8. The zero-order valence-electron chi connectivity index (χ0n) is 8.86. The fourth-order valence-corrected chi connectivity index (χ4v) is 3.84. The Labute approximate surface area is 111 Å². The third-order valence-electron chi connectivity index (χ3n) is 1.98. The molecule has 2 aromatic heterocycles. The first-order valence-corrected chi connectivity index (χ1v) is 7.56. The van der Waals surface area contributed by atoms with Crippen molar-refractivity contribution in [1.29, 1.82) is 0 Å². The molecule has 0 atom stereocenters. The van der Waals surface area contributed by atoms with Crippen LogP contribution in [0, 0.1) is 0 Å². The highest BCUT2D eigenvalue weighted by molar-refractivity contribution is 9.10. The number of halogens is 1. The minimum absolute atomic E-state index is 0.814. The first-order valence-electron chi connectivity index (χ1n) is 5.07. The number of rotatable bonds is 5. The van der Waals surface area contributed by atoms with E-state index in [2.05, 4.69) is 43.7 Å². The van der Waals surface area contributed by atoms with Gasteiger partial charge in [-0.25, -0.2) is 0 Å². The zero-order valence-corrected chi connectivity index (χ0v) is 12.1. The molecule has 0 saturated heterocycles. The Hall–Kier alpha value is -0.300. The Kier molecular flexibility index (Phi) is 4.45. The molecule has 0 aromatic carbocycles. The largest absolute Gasteiger partial charge is 0.310 e. The molecule has 0 aliphatic heterocycles. The molecule has 0 saturated carbocycles. The van der Waals surface area contributed by atoms with E-state index in [1.165, 1.54) is 4.88 Å². The van der Waals surface area contributed by atoms with Crippen LogP contribution >= 0.6 is 38.6 Å². The minimum Gasteiger partial charge on any atom is -0.310 e. The quantitative estimate of drug-likeness (QED) is 0.857. The summed E-state index contributed by atoms with van der Waals surface area (Å²) in [5.74, 6) is 0. The molecule has 86 valence electrons. The molecule has 0 amide bonds. The van der Waals surface area contributed by atoms with Gasteiger partial charge in [-0.2, -0.15) is 0 Å². The number of nitrogens with zero attached hydrogens (tertiary/aromatic N) is 2. The summed E-state index contributed by atoms with van der Waals surface area (Å²) in [6.45, 7) is 3.99. The third-order valence-corrected chi connectivity index (χ3v) is 4.90. The predicted octanol–water partition coefficient (Wildman–Crippen LogP) is 3.53. The summed E-state index contributed by atoms with van der Waals surface area (Å²) in [5.41, 5.74) is 0. The van der Waals surface area contributed by atoms with Crippen LogP contribution in [0.5, 0.6) is 0 Å². The molecule has 0 fully saturated rings. The van der Waals surface area contributed by atoms with Gasteiger partial charge < -0.3 is 5.32 Å². The van der Waals surface area contributed by atoms with Crippen LogP contribution < -0.4 is 5.32 Å². The van der Waals surface area contributed by atoms with Gasteiger partial charge in [0.05, 0.1) is 4.88 Å². The molecule has 3 nitrogen and oxygen atoms in total. The van der Waals surface area contributed by atoms with Crippen molar-refractivity contribution in [2.24, 2.45) is 0 Å². The predicted molar refractivity (Wildman–Crippen MR) is 72.9 cm³/mol. The van der Waals surface area contributed by atoms with Gasteiger partial charge in [-0.3, -0.25) is 0 Å². The highest BCUT2D eigenvalue weighted by Crippen LogP contribution is 2.34. The van der Waals surface area contributed by atoms with Crippen LogP contribution in [0.3, 0.4) is 0 Å². The Balaban J connectivity index is 2.05. The maximum atomic E-state index is 4.21. The van der Waals surface area contributed by atoms with Gasteiger partial charge in [0, 0.05) is 11.0 Å². The molecule has 2 rings (SSSR count). The molecule has 1 N–H and O–H groups in total. The standard InChI is InChI=1S/C10H12BrN3S2/c1-2-4-12-6-8-13-14-10(16-8)9-7(11)3-5-15-9/h3,5,12H,2,4,6H2,1H3. The average molecular weight is 318 g/mol. The van der Waals surface area contributed by atoms with E-state index < -0.39 is 0 Å². The Morgan fingerprint density at radius 1 is 1.44 bits per heavy atom. The highest BCUT2D eigenvalue weighted by Gasteiger charge is 2.10. The molecule has 0 bridgehead atoms. The monoisotopic (exact) mass is 317 g/mol. The molecular formula is C10H12BrN3S2. The van der Waals surface area contributed by atoms with Gasteiger partial charge in [0.25, 0.3) is 0 Å². The fraction of sp³-hybridized carbons (Fsp3) is 0.400. The highest BCUT2D eigenvalue weighted by atomic mass is 79.9. The van der Waals surface area contributed by atoms with Crippen LogP contribution in [0.15, 0.2) is 15.9 Å². The molecule has 2 aromatic rings. The normalized spacial score (nSPS) is 10.9. The Morgan fingerprint density at radius 3 is 3.00 bits per heavy atom. The summed E-state index contributed by atoms with van der Waals surface area (Å²) in [4.78, 5) is 1.17. The van der Waals surface area contributed by atoms with Gasteiger partial charge in [-0.1, -0.05) is 18.3 Å². The Bertz CT molecular complexity index is 452. The van der Waals surface area contributed by atoms with Crippen molar-refractivity contribution >= 4 is 38.6 Å². The number of hydrogen-bond acceptors (Lipinski definition) is 5. The zero-order chi connectivity index (χ0) is 11.4. The van der Waals surface area contributed by atoms with E-state index in [0.717, 1.165) is 34.0 Å². The average Bonchev–Trinajstić information content (AvgIpc) is 2.87. The maximum absolute atomic E-state index is 4.21. The second kappa shape index (κ2) is 5.86. The summed E-state index contributed by atoms with van der Waals surface area (Å²) >= 11 is 6.85. The number of thiophene rings is 1. The van der Waals surface area contributed by atoms with E-state index in [1.807, 2.05) is 6.07 Å². The van der Waals surface area contributed by atoms with Crippen LogP contribution in [0.2, 0.25) is 0 Å². The summed E-state index contributed by atoms with van der Waals surface area (Å²) in [6.07, 6.45) is 1.14. The molecule has 0 spiro atoms. The second-order valence-corrected chi connectivity index (χ2v) is 6.11. The van der Waals surface area contributed by atoms with Crippen LogP contribution in [0.4, 0.5) is 0 Å². The minimum atomic E-state index is 0.814. The molecule has 16 heavy (non-hydrogen) atoms. The van der Waals surface area contributed by atoms with Gasteiger partial charge in [-0.15, -0.1) is 21.5 Å². The molecule has 6 heteroatoms. The van der Waals surface area contributed by atoms with Crippen molar-refractivity contribution in [3.63, 3.8) is 0 Å². The lowest BCUT2D eigenvalue weighted by Gasteiger charge is -1.96. The lowest BCUT2D eigenvalue weighted by molar-refractivity contribution is 0.668. The van der Waals surface area contributed by atoms with E-state index >= 15 is 0 Å². The van der Waals surface area contributed by atoms with Crippen LogP contribution in [-0.2, 0) is 6.54 Å². The van der Waals surface area contributed by atoms with Crippen LogP contribution in [0.25, 0.3) is 9.88 Å². The summed E-state index contributed by atoms with van der Waals surface area (Å²) < 4.78 is 1.10. The van der Waals surface area contributed by atoms with Crippen molar-refractivity contribution in [2.45, 2.75) is 19.9 Å². The van der Waals surface area contributed by atoms with E-state index in [4.69, 9.17) is 0 Å². The third kappa shape index (κ3) is 2.88. The topological polar surface area (TPSA) is 37.8 Å². The summed E-state index contributed by atoms with van der Waals surface area (Å²) in [6, 6.07) is 2.04. The molecule has 0 aliphatic rings. The van der Waals surface area contributed by atoms with Gasteiger partial charge in [-0.05, 0) is 40.3 Å².